The Bertz CT molecular complexity index is 1910. The number of aryl methyl sites for hydroxylation is 3. The van der Waals surface area contributed by atoms with Crippen LogP contribution in [-0.4, -0.2) is 51.0 Å². The Hall–Kier alpha value is -5.06. The van der Waals surface area contributed by atoms with E-state index < -0.39 is 10.9 Å². The van der Waals surface area contributed by atoms with Gasteiger partial charge in [0.05, 0.1) is 30.5 Å². The lowest BCUT2D eigenvalue weighted by molar-refractivity contribution is -0.385. The number of hydrogen-bond donors (Lipinski definition) is 2. The molecule has 0 radical (unpaired) electrons. The second-order valence-corrected chi connectivity index (χ2v) is 10.7. The van der Waals surface area contributed by atoms with Gasteiger partial charge in [0, 0.05) is 34.9 Å². The van der Waals surface area contributed by atoms with Crippen LogP contribution in [0.2, 0.25) is 0 Å². The van der Waals surface area contributed by atoms with E-state index in [0.29, 0.717) is 34.5 Å². The Morgan fingerprint density at radius 3 is 2.23 bits per heavy atom. The SMILES string of the molecule is COC(=O)CCC1=C(C)c2nc1cc1[nH]c(cc3[nH]c(cc4nc(c2[N+](=O)[O-])C=C4C)cc3C)c(C)c1CCC(=O)OC. The largest absolute Gasteiger partial charge is 0.469 e. The van der Waals surface area contributed by atoms with Crippen LogP contribution in [0.5, 0.6) is 0 Å². The van der Waals surface area contributed by atoms with E-state index in [1.54, 1.807) is 13.0 Å². The molecule has 0 aromatic carbocycles. The summed E-state index contributed by atoms with van der Waals surface area (Å²) in [6.45, 7) is 7.61. The molecule has 0 atom stereocenters. The van der Waals surface area contributed by atoms with Crippen molar-refractivity contribution in [2.75, 3.05) is 14.2 Å². The highest BCUT2D eigenvalue weighted by Gasteiger charge is 2.29. The molecule has 0 spiro atoms. The number of H-pyrrole nitrogens is 2. The maximum atomic E-state index is 12.5. The first-order valence-electron chi connectivity index (χ1n) is 13.9. The molecule has 2 N–H and O–H groups in total. The average molecular weight is 584 g/mol. The zero-order chi connectivity index (χ0) is 31.0. The van der Waals surface area contributed by atoms with Crippen molar-refractivity contribution in [3.63, 3.8) is 0 Å². The van der Waals surface area contributed by atoms with Gasteiger partial charge in [-0.1, -0.05) is 0 Å². The minimum Gasteiger partial charge on any atom is -0.469 e. The lowest BCUT2D eigenvalue weighted by atomic mass is 10.00. The zero-order valence-electron chi connectivity index (χ0n) is 25.0. The molecule has 11 heteroatoms. The fourth-order valence-electron chi connectivity index (χ4n) is 5.55. The van der Waals surface area contributed by atoms with Crippen LogP contribution in [0.1, 0.15) is 72.6 Å². The zero-order valence-corrected chi connectivity index (χ0v) is 25.0. The fourth-order valence-corrected chi connectivity index (χ4v) is 5.55. The van der Waals surface area contributed by atoms with Gasteiger partial charge in [0.2, 0.25) is 0 Å². The molecule has 0 saturated carbocycles. The smallest absolute Gasteiger partial charge is 0.320 e. The number of aromatic amines is 2. The van der Waals surface area contributed by atoms with E-state index in [1.807, 2.05) is 45.0 Å². The van der Waals surface area contributed by atoms with Crippen molar-refractivity contribution in [2.45, 2.75) is 53.4 Å². The van der Waals surface area contributed by atoms with Crippen LogP contribution < -0.4 is 0 Å². The highest BCUT2D eigenvalue weighted by molar-refractivity contribution is 5.97. The van der Waals surface area contributed by atoms with Gasteiger partial charge in [-0.2, -0.15) is 0 Å². The molecular formula is C32H33N5O6. The molecule has 5 heterocycles. The van der Waals surface area contributed by atoms with Crippen molar-refractivity contribution in [2.24, 2.45) is 0 Å². The van der Waals surface area contributed by atoms with Gasteiger partial charge in [-0.05, 0) is 104 Å². The lowest BCUT2D eigenvalue weighted by Gasteiger charge is -2.04. The summed E-state index contributed by atoms with van der Waals surface area (Å²) in [5, 5.41) is 12.5. The molecule has 0 aliphatic carbocycles. The Morgan fingerprint density at radius 2 is 1.56 bits per heavy atom. The van der Waals surface area contributed by atoms with E-state index in [2.05, 4.69) is 15.0 Å². The molecule has 5 rings (SSSR count). The van der Waals surface area contributed by atoms with Crippen molar-refractivity contribution in [1.29, 1.82) is 0 Å². The number of methoxy groups -OCH3 is 2. The summed E-state index contributed by atoms with van der Waals surface area (Å²) < 4.78 is 9.75. The summed E-state index contributed by atoms with van der Waals surface area (Å²) in [5.41, 5.74) is 9.48. The number of nitrogens with zero attached hydrogens (tertiary/aromatic N) is 3. The van der Waals surface area contributed by atoms with Crippen LogP contribution in [0.15, 0.2) is 24.3 Å². The van der Waals surface area contributed by atoms with E-state index >= 15 is 0 Å². The highest BCUT2D eigenvalue weighted by atomic mass is 16.6. The minimum absolute atomic E-state index is 0.0795. The van der Waals surface area contributed by atoms with Gasteiger partial charge in [-0.25, -0.2) is 9.97 Å². The number of carbonyl (C=O) groups excluding carboxylic acids is 2. The average Bonchev–Trinajstić information content (AvgIpc) is 3.67. The summed E-state index contributed by atoms with van der Waals surface area (Å²) in [5.74, 6) is -0.730. The van der Waals surface area contributed by atoms with Crippen LogP contribution in [0.3, 0.4) is 0 Å². The number of rotatable bonds is 7. The number of nitro groups is 1. The van der Waals surface area contributed by atoms with Gasteiger partial charge < -0.3 is 19.4 Å². The number of aromatic nitrogens is 4. The maximum absolute atomic E-state index is 12.5. The molecule has 2 aliphatic heterocycles. The topological polar surface area (TPSA) is 153 Å². The first kappa shape index (κ1) is 29.4. The van der Waals surface area contributed by atoms with Crippen molar-refractivity contribution in [1.82, 2.24) is 19.9 Å². The summed E-state index contributed by atoms with van der Waals surface area (Å²) in [7, 11) is 2.68. The van der Waals surface area contributed by atoms with Gasteiger partial charge >= 0.3 is 17.6 Å². The van der Waals surface area contributed by atoms with Crippen LogP contribution in [-0.2, 0) is 25.5 Å². The van der Waals surface area contributed by atoms with Crippen LogP contribution >= 0.6 is 0 Å². The second kappa shape index (κ2) is 11.7. The number of esters is 2. The van der Waals surface area contributed by atoms with E-state index in [-0.39, 0.29) is 42.3 Å². The van der Waals surface area contributed by atoms with Crippen molar-refractivity contribution in [3.8, 4) is 0 Å². The normalized spacial score (nSPS) is 12.7. The summed E-state index contributed by atoms with van der Waals surface area (Å²) in [4.78, 5) is 52.6. The van der Waals surface area contributed by atoms with Gasteiger partial charge in [-0.15, -0.1) is 0 Å². The number of nitrogens with one attached hydrogen (secondary N) is 2. The summed E-state index contributed by atoms with van der Waals surface area (Å²) in [6, 6.07) is 7.73. The van der Waals surface area contributed by atoms with Gasteiger partial charge in [0.25, 0.3) is 0 Å². The van der Waals surface area contributed by atoms with E-state index in [0.717, 1.165) is 38.8 Å². The van der Waals surface area contributed by atoms with Gasteiger partial charge in [-0.3, -0.25) is 19.7 Å². The Kier molecular flexibility index (Phi) is 7.99. The Balaban J connectivity index is 1.91. The molecule has 0 fully saturated rings. The molecule has 0 unspecified atom stereocenters. The predicted octanol–water partition coefficient (Wildman–Crippen LogP) is 6.39. The third-order valence-corrected chi connectivity index (χ3v) is 8.00. The molecule has 8 bridgehead atoms. The highest BCUT2D eigenvalue weighted by Crippen LogP contribution is 2.40. The standard InChI is InChI=1S/C32H33N5O6/c1-16-11-20-13-23-17(2)12-28(34-23)32(37(40)41)31-19(4)22(8-10-30(39)43-6)27(36-31)15-26-21(7-9-29(38)42-5)18(3)25(35-26)14-24(16)33-20/h11-15,33,35H,7-10H2,1-6H3. The molecule has 11 nitrogen and oxygen atoms in total. The summed E-state index contributed by atoms with van der Waals surface area (Å²) in [6.07, 6.45) is 2.63. The van der Waals surface area contributed by atoms with E-state index in [1.165, 1.54) is 14.2 Å². The molecule has 0 saturated heterocycles. The maximum Gasteiger partial charge on any atom is 0.320 e. The summed E-state index contributed by atoms with van der Waals surface area (Å²) >= 11 is 0. The number of fused-ring (bicyclic) bond motifs is 8. The molecule has 222 valence electrons. The first-order valence-corrected chi connectivity index (χ1v) is 13.9. The number of carbonyl (C=O) groups is 2. The van der Waals surface area contributed by atoms with Crippen molar-refractivity contribution < 1.29 is 24.0 Å². The van der Waals surface area contributed by atoms with Crippen LogP contribution in [0.25, 0.3) is 44.9 Å². The first-order chi connectivity index (χ1) is 20.5. The monoisotopic (exact) mass is 583 g/mol. The molecule has 43 heavy (non-hydrogen) atoms. The third kappa shape index (κ3) is 5.70. The van der Waals surface area contributed by atoms with Crippen LogP contribution in [0, 0.1) is 24.0 Å². The molecule has 0 amide bonds. The van der Waals surface area contributed by atoms with Crippen molar-refractivity contribution in [3.05, 3.63) is 73.8 Å². The molecule has 3 aromatic heterocycles. The second-order valence-electron chi connectivity index (χ2n) is 10.7. The van der Waals surface area contributed by atoms with Gasteiger partial charge in [0.15, 0.2) is 0 Å². The predicted molar refractivity (Wildman–Crippen MR) is 165 cm³/mol. The quantitative estimate of drug-likeness (QED) is 0.184. The third-order valence-electron chi connectivity index (χ3n) is 8.00. The Morgan fingerprint density at radius 1 is 0.860 bits per heavy atom. The molecule has 3 aromatic rings. The van der Waals surface area contributed by atoms with Crippen molar-refractivity contribution >= 4 is 62.5 Å². The fraction of sp³-hybridized carbons (Fsp3) is 0.312. The van der Waals surface area contributed by atoms with E-state index in [4.69, 9.17) is 14.5 Å². The lowest BCUT2D eigenvalue weighted by Crippen LogP contribution is -2.02. The van der Waals surface area contributed by atoms with Gasteiger partial charge in [0.1, 0.15) is 11.4 Å². The Labute approximate surface area is 247 Å². The molecule has 2 aliphatic rings. The number of allylic oxidation sites excluding steroid dienone is 3. The molecular weight excluding hydrogens is 550 g/mol. The minimum atomic E-state index is -0.456. The van der Waals surface area contributed by atoms with Crippen LogP contribution in [0.4, 0.5) is 5.69 Å². The number of hydrogen-bond acceptors (Lipinski definition) is 8. The number of ether oxygens (including phenoxy) is 2. The van der Waals surface area contributed by atoms with E-state index in [9.17, 15) is 19.7 Å².